The molecule has 1 aliphatic rings. The van der Waals surface area contributed by atoms with Gasteiger partial charge in [0, 0.05) is 60.4 Å². The number of halogens is 3. The molecule has 0 amide bonds. The number of piperazine rings is 1. The number of benzene rings is 1. The van der Waals surface area contributed by atoms with Gasteiger partial charge in [-0.2, -0.15) is 5.26 Å². The highest BCUT2D eigenvalue weighted by molar-refractivity contribution is 6.31. The maximum absolute atomic E-state index is 13.0. The molecule has 1 aromatic carbocycles. The van der Waals surface area contributed by atoms with Gasteiger partial charge in [-0.25, -0.2) is 8.78 Å². The fraction of sp³-hybridized carbons (Fsp3) is 0.238. The molecule has 0 saturated carbocycles. The van der Waals surface area contributed by atoms with E-state index in [2.05, 4.69) is 27.4 Å². The Hall–Kier alpha value is -3.11. The standard InChI is InChI=1S/C21H17ClF2N4O/c1-13(17-2-3-26-18-11-19(21(23)24)29-20(17)18)27-4-6-28(7-5-27)16-9-14(12-25)8-15(22)10-16/h2-3,8-11,21H,1,4-7H2. The van der Waals surface area contributed by atoms with Crippen molar-refractivity contribution in [3.05, 3.63) is 65.0 Å². The molecule has 1 aliphatic heterocycles. The van der Waals surface area contributed by atoms with Gasteiger partial charge in [-0.15, -0.1) is 0 Å². The number of hydrogen-bond acceptors (Lipinski definition) is 5. The number of anilines is 1. The summed E-state index contributed by atoms with van der Waals surface area (Å²) in [5.74, 6) is -0.396. The average Bonchev–Trinajstić information content (AvgIpc) is 3.18. The Labute approximate surface area is 171 Å². The molecule has 3 heterocycles. The molecule has 0 bridgehead atoms. The number of furan rings is 1. The highest BCUT2D eigenvalue weighted by Gasteiger charge is 2.23. The van der Waals surface area contributed by atoms with Crippen molar-refractivity contribution in [1.82, 2.24) is 9.88 Å². The lowest BCUT2D eigenvalue weighted by molar-refractivity contribution is 0.124. The minimum atomic E-state index is -2.69. The number of alkyl halides is 2. The first kappa shape index (κ1) is 19.2. The second kappa shape index (κ2) is 7.72. The van der Waals surface area contributed by atoms with Crippen molar-refractivity contribution in [2.75, 3.05) is 31.1 Å². The van der Waals surface area contributed by atoms with Crippen LogP contribution < -0.4 is 4.90 Å². The van der Waals surface area contributed by atoms with E-state index in [1.165, 1.54) is 6.07 Å². The lowest BCUT2D eigenvalue weighted by Crippen LogP contribution is -2.45. The largest absolute Gasteiger partial charge is 0.453 e. The van der Waals surface area contributed by atoms with Crippen molar-refractivity contribution >= 4 is 34.1 Å². The van der Waals surface area contributed by atoms with E-state index in [0.29, 0.717) is 59.1 Å². The van der Waals surface area contributed by atoms with Gasteiger partial charge in [0.2, 0.25) is 0 Å². The molecule has 0 radical (unpaired) electrons. The Bertz CT molecular complexity index is 1110. The molecule has 148 valence electrons. The normalized spacial score (nSPS) is 14.4. The Morgan fingerprint density at radius 3 is 2.66 bits per heavy atom. The summed E-state index contributed by atoms with van der Waals surface area (Å²) in [6, 6.07) is 10.4. The van der Waals surface area contributed by atoms with Gasteiger partial charge in [-0.05, 0) is 24.3 Å². The van der Waals surface area contributed by atoms with Gasteiger partial charge in [0.15, 0.2) is 11.3 Å². The summed E-state index contributed by atoms with van der Waals surface area (Å²) in [6.07, 6.45) is -1.12. The van der Waals surface area contributed by atoms with Crippen LogP contribution in [0.25, 0.3) is 16.8 Å². The molecule has 1 fully saturated rings. The average molecular weight is 415 g/mol. The van der Waals surface area contributed by atoms with E-state index < -0.39 is 12.2 Å². The van der Waals surface area contributed by atoms with Crippen LogP contribution in [-0.4, -0.2) is 36.1 Å². The number of nitriles is 1. The number of fused-ring (bicyclic) bond motifs is 1. The summed E-state index contributed by atoms with van der Waals surface area (Å²) in [5, 5.41) is 9.67. The molecule has 0 unspecified atom stereocenters. The predicted molar refractivity (Wildman–Crippen MR) is 108 cm³/mol. The van der Waals surface area contributed by atoms with Gasteiger partial charge in [0.25, 0.3) is 6.43 Å². The highest BCUT2D eigenvalue weighted by atomic mass is 35.5. The first-order valence-corrected chi connectivity index (χ1v) is 9.40. The zero-order chi connectivity index (χ0) is 20.5. The van der Waals surface area contributed by atoms with Gasteiger partial charge in [0.05, 0.1) is 11.6 Å². The molecule has 4 rings (SSSR count). The minimum absolute atomic E-state index is 0.323. The molecule has 0 N–H and O–H groups in total. The van der Waals surface area contributed by atoms with Gasteiger partial charge in [-0.3, -0.25) is 4.98 Å². The summed E-state index contributed by atoms with van der Waals surface area (Å²) in [7, 11) is 0. The van der Waals surface area contributed by atoms with Crippen LogP contribution in [-0.2, 0) is 0 Å². The van der Waals surface area contributed by atoms with Crippen LogP contribution in [0.15, 0.2) is 47.5 Å². The SMILES string of the molecule is C=C(c1ccnc2cc(C(F)F)oc12)N1CCN(c2cc(Cl)cc(C#N)c2)CC1. The van der Waals surface area contributed by atoms with Crippen molar-refractivity contribution in [3.8, 4) is 6.07 Å². The Morgan fingerprint density at radius 2 is 1.97 bits per heavy atom. The van der Waals surface area contributed by atoms with E-state index in [1.807, 2.05) is 12.1 Å². The topological polar surface area (TPSA) is 56.3 Å². The second-order valence-electron chi connectivity index (χ2n) is 6.75. The third-order valence-electron chi connectivity index (χ3n) is 5.00. The Balaban J connectivity index is 1.52. The fourth-order valence-corrected chi connectivity index (χ4v) is 3.75. The van der Waals surface area contributed by atoms with Crippen molar-refractivity contribution in [3.63, 3.8) is 0 Å². The molecular weight excluding hydrogens is 398 g/mol. The monoisotopic (exact) mass is 414 g/mol. The van der Waals surface area contributed by atoms with Crippen molar-refractivity contribution < 1.29 is 13.2 Å². The maximum atomic E-state index is 13.0. The zero-order valence-electron chi connectivity index (χ0n) is 15.4. The minimum Gasteiger partial charge on any atom is -0.453 e. The van der Waals surface area contributed by atoms with Crippen molar-refractivity contribution in [1.29, 1.82) is 5.26 Å². The number of rotatable bonds is 4. The third-order valence-corrected chi connectivity index (χ3v) is 5.21. The van der Waals surface area contributed by atoms with Crippen LogP contribution >= 0.6 is 11.6 Å². The van der Waals surface area contributed by atoms with E-state index in [4.69, 9.17) is 21.3 Å². The lowest BCUT2D eigenvalue weighted by atomic mass is 10.1. The second-order valence-corrected chi connectivity index (χ2v) is 7.19. The highest BCUT2D eigenvalue weighted by Crippen LogP contribution is 2.32. The quantitative estimate of drug-likeness (QED) is 0.595. The van der Waals surface area contributed by atoms with Crippen LogP contribution in [0.1, 0.15) is 23.3 Å². The van der Waals surface area contributed by atoms with Gasteiger partial charge < -0.3 is 14.2 Å². The molecule has 1 saturated heterocycles. The fourth-order valence-electron chi connectivity index (χ4n) is 3.52. The molecule has 0 aliphatic carbocycles. The van der Waals surface area contributed by atoms with Crippen LogP contribution in [0, 0.1) is 11.3 Å². The van der Waals surface area contributed by atoms with Crippen molar-refractivity contribution in [2.45, 2.75) is 6.43 Å². The van der Waals surface area contributed by atoms with Crippen LogP contribution in [0.2, 0.25) is 5.02 Å². The van der Waals surface area contributed by atoms with Crippen LogP contribution in [0.4, 0.5) is 14.5 Å². The Morgan fingerprint density at radius 1 is 1.21 bits per heavy atom. The summed E-state index contributed by atoms with van der Waals surface area (Å²) >= 11 is 6.11. The maximum Gasteiger partial charge on any atom is 0.295 e. The van der Waals surface area contributed by atoms with Crippen LogP contribution in [0.3, 0.4) is 0 Å². The predicted octanol–water partition coefficient (Wildman–Crippen LogP) is 5.08. The van der Waals surface area contributed by atoms with E-state index >= 15 is 0 Å². The van der Waals surface area contributed by atoms with E-state index in [1.54, 1.807) is 18.3 Å². The summed E-state index contributed by atoms with van der Waals surface area (Å²) in [5.41, 5.74) is 3.49. The number of aromatic nitrogens is 1. The number of hydrogen-bond donors (Lipinski definition) is 0. The molecule has 5 nitrogen and oxygen atoms in total. The van der Waals surface area contributed by atoms with Gasteiger partial charge in [-0.1, -0.05) is 18.2 Å². The van der Waals surface area contributed by atoms with E-state index in [9.17, 15) is 8.78 Å². The molecular formula is C21H17ClF2N4O. The van der Waals surface area contributed by atoms with Gasteiger partial charge >= 0.3 is 0 Å². The van der Waals surface area contributed by atoms with E-state index in [0.717, 1.165) is 5.69 Å². The first-order chi connectivity index (χ1) is 14.0. The third kappa shape index (κ3) is 3.76. The van der Waals surface area contributed by atoms with E-state index in [-0.39, 0.29) is 0 Å². The molecule has 29 heavy (non-hydrogen) atoms. The molecule has 0 atom stereocenters. The zero-order valence-corrected chi connectivity index (χ0v) is 16.2. The first-order valence-electron chi connectivity index (χ1n) is 9.02. The molecule has 3 aromatic rings. The molecule has 0 spiro atoms. The number of pyridine rings is 1. The summed E-state index contributed by atoms with van der Waals surface area (Å²) < 4.78 is 31.3. The van der Waals surface area contributed by atoms with Crippen molar-refractivity contribution in [2.24, 2.45) is 0 Å². The van der Waals surface area contributed by atoms with Gasteiger partial charge in [0.1, 0.15) is 5.52 Å². The summed E-state index contributed by atoms with van der Waals surface area (Å²) in [6.45, 7) is 6.93. The lowest BCUT2D eigenvalue weighted by Gasteiger charge is -2.38. The Kier molecular flexibility index (Phi) is 5.12. The number of nitrogens with zero attached hydrogens (tertiary/aromatic N) is 4. The molecule has 8 heteroatoms. The summed E-state index contributed by atoms with van der Waals surface area (Å²) in [4.78, 5) is 8.36. The van der Waals surface area contributed by atoms with Crippen LogP contribution in [0.5, 0.6) is 0 Å². The smallest absolute Gasteiger partial charge is 0.295 e. The molecule has 2 aromatic heterocycles.